The fourth-order valence-corrected chi connectivity index (χ4v) is 5.62. The van der Waals surface area contributed by atoms with Gasteiger partial charge >= 0.3 is 0 Å². The van der Waals surface area contributed by atoms with Crippen LogP contribution in [0.2, 0.25) is 10.0 Å². The van der Waals surface area contributed by atoms with Crippen molar-refractivity contribution in [2.75, 3.05) is 12.3 Å². The van der Waals surface area contributed by atoms with Gasteiger partial charge in [0.2, 0.25) is 11.8 Å². The van der Waals surface area contributed by atoms with E-state index in [1.165, 1.54) is 11.3 Å². The Morgan fingerprint density at radius 2 is 2.10 bits per heavy atom. The number of nitrogens with two attached hydrogens (primary N) is 2. The van der Waals surface area contributed by atoms with Crippen LogP contribution >= 0.6 is 34.5 Å². The standard InChI is InChI=1S/C21H25Cl2N5O2S/c22-13-5-3-11(8-14(13)23)9-15(24)20(30)28-7-1-2-17(28)19(29)26-12-4-6-16-18(10-12)31-21(25)27-16/h3,5,8,12,15,17H,1-2,4,6-7,9-10,24H2,(H2,25,27)(H,26,29)/t12?,15-,17+/m1/s1. The van der Waals surface area contributed by atoms with Crippen molar-refractivity contribution < 1.29 is 9.59 Å². The molecular weight excluding hydrogens is 457 g/mol. The lowest BCUT2D eigenvalue weighted by molar-refractivity contribution is -0.139. The van der Waals surface area contributed by atoms with Crippen LogP contribution in [0.25, 0.3) is 0 Å². The molecule has 1 fully saturated rings. The van der Waals surface area contributed by atoms with Crippen molar-refractivity contribution in [1.82, 2.24) is 15.2 Å². The molecule has 0 bridgehead atoms. The number of carbonyl (C=O) groups excluding carboxylic acids is 2. The Morgan fingerprint density at radius 1 is 1.29 bits per heavy atom. The van der Waals surface area contributed by atoms with E-state index in [0.29, 0.717) is 34.6 Å². The number of likely N-dealkylation sites (tertiary alicyclic amines) is 1. The highest BCUT2D eigenvalue weighted by atomic mass is 35.5. The summed E-state index contributed by atoms with van der Waals surface area (Å²) in [5.41, 5.74) is 13.9. The van der Waals surface area contributed by atoms with Crippen LogP contribution in [0, 0.1) is 0 Å². The number of hydrogen-bond acceptors (Lipinski definition) is 6. The average molecular weight is 482 g/mol. The summed E-state index contributed by atoms with van der Waals surface area (Å²) in [5.74, 6) is -0.330. The third-order valence-electron chi connectivity index (χ3n) is 5.90. The van der Waals surface area contributed by atoms with Gasteiger partial charge in [-0.3, -0.25) is 9.59 Å². The number of benzene rings is 1. The number of fused-ring (bicyclic) bond motifs is 1. The van der Waals surface area contributed by atoms with Gasteiger partial charge in [-0.15, -0.1) is 11.3 Å². The van der Waals surface area contributed by atoms with Gasteiger partial charge in [-0.05, 0) is 49.8 Å². The number of rotatable bonds is 5. The van der Waals surface area contributed by atoms with Crippen LogP contribution < -0.4 is 16.8 Å². The lowest BCUT2D eigenvalue weighted by Gasteiger charge is -2.29. The first kappa shape index (κ1) is 22.3. The fourth-order valence-electron chi connectivity index (χ4n) is 4.34. The first-order valence-electron chi connectivity index (χ1n) is 10.4. The van der Waals surface area contributed by atoms with Gasteiger partial charge in [0.05, 0.1) is 21.8 Å². The molecule has 10 heteroatoms. The van der Waals surface area contributed by atoms with Crippen molar-refractivity contribution in [3.8, 4) is 0 Å². The highest BCUT2D eigenvalue weighted by Gasteiger charge is 2.37. The maximum Gasteiger partial charge on any atom is 0.243 e. The topological polar surface area (TPSA) is 114 Å². The second-order valence-electron chi connectivity index (χ2n) is 8.12. The van der Waals surface area contributed by atoms with Crippen molar-refractivity contribution in [3.05, 3.63) is 44.4 Å². The molecule has 0 saturated carbocycles. The highest BCUT2D eigenvalue weighted by Crippen LogP contribution is 2.29. The number of hydrogen-bond donors (Lipinski definition) is 3. The first-order chi connectivity index (χ1) is 14.8. The Labute approximate surface area is 195 Å². The molecule has 4 rings (SSSR count). The van der Waals surface area contributed by atoms with Crippen molar-refractivity contribution in [2.45, 2.75) is 56.7 Å². The minimum atomic E-state index is -0.747. The van der Waals surface area contributed by atoms with E-state index in [-0.39, 0.29) is 17.9 Å². The Hall–Kier alpha value is -1.87. The van der Waals surface area contributed by atoms with Gasteiger partial charge in [-0.25, -0.2) is 4.98 Å². The van der Waals surface area contributed by atoms with E-state index in [2.05, 4.69) is 10.3 Å². The van der Waals surface area contributed by atoms with Gasteiger partial charge < -0.3 is 21.7 Å². The zero-order valence-electron chi connectivity index (χ0n) is 16.9. The normalized spacial score (nSPS) is 21.6. The number of nitrogens with one attached hydrogen (secondary N) is 1. The molecule has 1 aliphatic heterocycles. The van der Waals surface area contributed by atoms with E-state index >= 15 is 0 Å². The predicted molar refractivity (Wildman–Crippen MR) is 123 cm³/mol. The SMILES string of the molecule is Nc1nc2c(s1)CC(NC(=O)[C@@H]1CCCN1C(=O)[C@H](N)Cc1ccc(Cl)c(Cl)c1)CC2. The first-order valence-corrected chi connectivity index (χ1v) is 11.9. The molecule has 1 saturated heterocycles. The van der Waals surface area contributed by atoms with E-state index in [1.54, 1.807) is 23.1 Å². The molecule has 2 aromatic rings. The quantitative estimate of drug-likeness (QED) is 0.606. The van der Waals surface area contributed by atoms with E-state index in [9.17, 15) is 9.59 Å². The maximum absolute atomic E-state index is 13.0. The molecule has 0 spiro atoms. The van der Waals surface area contributed by atoms with Gasteiger partial charge in [0, 0.05) is 23.9 Å². The molecular formula is C21H25Cl2N5O2S. The minimum Gasteiger partial charge on any atom is -0.375 e. The molecule has 3 atom stereocenters. The highest BCUT2D eigenvalue weighted by molar-refractivity contribution is 7.15. The molecule has 31 heavy (non-hydrogen) atoms. The summed E-state index contributed by atoms with van der Waals surface area (Å²) in [7, 11) is 0. The number of amides is 2. The third kappa shape index (κ3) is 4.98. The summed E-state index contributed by atoms with van der Waals surface area (Å²) in [4.78, 5) is 33.1. The average Bonchev–Trinajstić information content (AvgIpc) is 3.35. The molecule has 1 unspecified atom stereocenters. The Bertz CT molecular complexity index is 998. The van der Waals surface area contributed by atoms with Gasteiger partial charge in [-0.2, -0.15) is 0 Å². The molecule has 166 valence electrons. The molecule has 2 heterocycles. The minimum absolute atomic E-state index is 0.0299. The lowest BCUT2D eigenvalue weighted by Crippen LogP contribution is -2.53. The summed E-state index contributed by atoms with van der Waals surface area (Å²) >= 11 is 13.5. The van der Waals surface area contributed by atoms with E-state index in [4.69, 9.17) is 34.7 Å². The predicted octanol–water partition coefficient (Wildman–Crippen LogP) is 2.57. The fraction of sp³-hybridized carbons (Fsp3) is 0.476. The number of halogens is 2. The van der Waals surface area contributed by atoms with Gasteiger partial charge in [-0.1, -0.05) is 29.3 Å². The lowest BCUT2D eigenvalue weighted by atomic mass is 9.97. The Morgan fingerprint density at radius 3 is 2.87 bits per heavy atom. The summed E-state index contributed by atoms with van der Waals surface area (Å²) in [6.07, 6.45) is 4.10. The number of anilines is 1. The smallest absolute Gasteiger partial charge is 0.243 e. The van der Waals surface area contributed by atoms with E-state index in [0.717, 1.165) is 41.8 Å². The van der Waals surface area contributed by atoms with Crippen LogP contribution in [0.4, 0.5) is 5.13 Å². The summed E-state index contributed by atoms with van der Waals surface area (Å²) < 4.78 is 0. The molecule has 2 aliphatic rings. The van der Waals surface area contributed by atoms with Crippen LogP contribution in [0.1, 0.15) is 35.4 Å². The van der Waals surface area contributed by atoms with Crippen molar-refractivity contribution in [2.24, 2.45) is 5.73 Å². The second kappa shape index (κ2) is 9.32. The monoisotopic (exact) mass is 481 g/mol. The number of nitrogens with zero attached hydrogens (tertiary/aromatic N) is 2. The second-order valence-corrected chi connectivity index (χ2v) is 10.0. The number of aromatic nitrogens is 1. The molecule has 7 nitrogen and oxygen atoms in total. The molecule has 1 aromatic heterocycles. The van der Waals surface area contributed by atoms with Crippen LogP contribution in [-0.4, -0.2) is 46.4 Å². The Balaban J connectivity index is 1.36. The number of aryl methyl sites for hydroxylation is 1. The number of nitrogen functional groups attached to an aromatic ring is 1. The maximum atomic E-state index is 13.0. The zero-order valence-corrected chi connectivity index (χ0v) is 19.3. The van der Waals surface area contributed by atoms with Crippen molar-refractivity contribution in [3.63, 3.8) is 0 Å². The largest absolute Gasteiger partial charge is 0.375 e. The summed E-state index contributed by atoms with van der Waals surface area (Å²) in [5, 5.41) is 4.58. The Kier molecular flexibility index (Phi) is 6.71. The van der Waals surface area contributed by atoms with Crippen LogP contribution in [0.3, 0.4) is 0 Å². The molecule has 1 aromatic carbocycles. The molecule has 2 amide bonds. The number of thiazole rings is 1. The summed E-state index contributed by atoms with van der Waals surface area (Å²) in [6.45, 7) is 0.534. The van der Waals surface area contributed by atoms with E-state index < -0.39 is 12.1 Å². The number of carbonyl (C=O) groups is 2. The molecule has 1 aliphatic carbocycles. The third-order valence-corrected chi connectivity index (χ3v) is 7.59. The van der Waals surface area contributed by atoms with Gasteiger partial charge in [0.15, 0.2) is 5.13 Å². The van der Waals surface area contributed by atoms with Gasteiger partial charge in [0.25, 0.3) is 0 Å². The van der Waals surface area contributed by atoms with Crippen LogP contribution in [0.15, 0.2) is 18.2 Å². The molecule has 0 radical (unpaired) electrons. The van der Waals surface area contributed by atoms with Crippen LogP contribution in [-0.2, 0) is 28.9 Å². The van der Waals surface area contributed by atoms with Crippen LogP contribution in [0.5, 0.6) is 0 Å². The molecule has 5 N–H and O–H groups in total. The summed E-state index contributed by atoms with van der Waals surface area (Å²) in [6, 6.07) is 4.01. The van der Waals surface area contributed by atoms with Crippen molar-refractivity contribution in [1.29, 1.82) is 0 Å². The van der Waals surface area contributed by atoms with Gasteiger partial charge in [0.1, 0.15) is 6.04 Å². The van der Waals surface area contributed by atoms with E-state index in [1.807, 2.05) is 0 Å². The van der Waals surface area contributed by atoms with Crippen molar-refractivity contribution >= 4 is 51.5 Å². The zero-order chi connectivity index (χ0) is 22.1.